The second kappa shape index (κ2) is 8.30. The quantitative estimate of drug-likeness (QED) is 0.614. The van der Waals surface area contributed by atoms with E-state index < -0.39 is 30.3 Å². The standard InChI is InChI=1S/C21H18N2O5/c1-14(15-6-3-2-4-7-15)22-18(24)13-28-21(27)16-8-5-9-17(12-16)23-19(25)10-11-20(23)26/h2-12,14H,13H2,1H3,(H,22,24)/t14-/m1/s1. The monoisotopic (exact) mass is 378 g/mol. The van der Waals surface area contributed by atoms with E-state index in [1.807, 2.05) is 37.3 Å². The lowest BCUT2D eigenvalue weighted by atomic mass is 10.1. The Kier molecular flexibility index (Phi) is 5.64. The van der Waals surface area contributed by atoms with Gasteiger partial charge in [-0.2, -0.15) is 0 Å². The minimum absolute atomic E-state index is 0.133. The zero-order chi connectivity index (χ0) is 20.1. The van der Waals surface area contributed by atoms with Gasteiger partial charge in [-0.3, -0.25) is 14.4 Å². The van der Waals surface area contributed by atoms with Crippen LogP contribution in [0.2, 0.25) is 0 Å². The van der Waals surface area contributed by atoms with Gasteiger partial charge in [0, 0.05) is 12.2 Å². The highest BCUT2D eigenvalue weighted by molar-refractivity contribution is 6.28. The van der Waals surface area contributed by atoms with Crippen LogP contribution < -0.4 is 10.2 Å². The minimum Gasteiger partial charge on any atom is -0.452 e. The number of benzene rings is 2. The van der Waals surface area contributed by atoms with Gasteiger partial charge in [-0.1, -0.05) is 36.4 Å². The molecule has 28 heavy (non-hydrogen) atoms. The van der Waals surface area contributed by atoms with E-state index in [1.54, 1.807) is 0 Å². The van der Waals surface area contributed by atoms with E-state index in [-0.39, 0.29) is 17.3 Å². The number of nitrogens with one attached hydrogen (secondary N) is 1. The van der Waals surface area contributed by atoms with Crippen molar-refractivity contribution >= 4 is 29.4 Å². The molecule has 0 unspecified atom stereocenters. The van der Waals surface area contributed by atoms with Crippen molar-refractivity contribution in [1.82, 2.24) is 5.32 Å². The SMILES string of the molecule is C[C@@H](NC(=O)COC(=O)c1cccc(N2C(=O)C=CC2=O)c1)c1ccccc1. The van der Waals surface area contributed by atoms with Crippen molar-refractivity contribution in [2.75, 3.05) is 11.5 Å². The molecule has 1 aliphatic heterocycles. The number of hydrogen-bond acceptors (Lipinski definition) is 5. The Morgan fingerprint density at radius 1 is 1.00 bits per heavy atom. The molecule has 0 spiro atoms. The Balaban J connectivity index is 1.58. The fourth-order valence-corrected chi connectivity index (χ4v) is 2.75. The maximum atomic E-state index is 12.2. The van der Waals surface area contributed by atoms with Crippen molar-refractivity contribution in [3.05, 3.63) is 77.9 Å². The fourth-order valence-electron chi connectivity index (χ4n) is 2.75. The fraction of sp³-hybridized carbons (Fsp3) is 0.143. The van der Waals surface area contributed by atoms with Gasteiger partial charge in [0.25, 0.3) is 17.7 Å². The van der Waals surface area contributed by atoms with Crippen molar-refractivity contribution in [3.63, 3.8) is 0 Å². The molecule has 1 heterocycles. The zero-order valence-electron chi connectivity index (χ0n) is 15.1. The second-order valence-electron chi connectivity index (χ2n) is 6.17. The Morgan fingerprint density at radius 3 is 2.36 bits per heavy atom. The molecule has 1 atom stereocenters. The van der Waals surface area contributed by atoms with Gasteiger partial charge in [0.1, 0.15) is 0 Å². The number of ether oxygens (including phenoxy) is 1. The number of esters is 1. The van der Waals surface area contributed by atoms with Crippen LogP contribution in [0.1, 0.15) is 28.9 Å². The molecule has 0 saturated heterocycles. The van der Waals surface area contributed by atoms with E-state index in [2.05, 4.69) is 5.32 Å². The largest absolute Gasteiger partial charge is 0.452 e. The lowest BCUT2D eigenvalue weighted by molar-refractivity contribution is -0.125. The third-order valence-electron chi connectivity index (χ3n) is 4.16. The molecule has 0 fully saturated rings. The summed E-state index contributed by atoms with van der Waals surface area (Å²) in [6, 6.07) is 15.1. The molecule has 2 aromatic rings. The molecule has 0 aliphatic carbocycles. The molecule has 1 N–H and O–H groups in total. The first-order valence-electron chi connectivity index (χ1n) is 8.63. The normalized spacial score (nSPS) is 14.1. The highest BCUT2D eigenvalue weighted by Gasteiger charge is 2.25. The third kappa shape index (κ3) is 4.32. The van der Waals surface area contributed by atoms with Crippen molar-refractivity contribution in [2.24, 2.45) is 0 Å². The maximum Gasteiger partial charge on any atom is 0.338 e. The summed E-state index contributed by atoms with van der Waals surface area (Å²) in [5.74, 6) is -2.12. The van der Waals surface area contributed by atoms with Crippen LogP contribution in [0.4, 0.5) is 5.69 Å². The van der Waals surface area contributed by atoms with Gasteiger partial charge in [0.05, 0.1) is 17.3 Å². The van der Waals surface area contributed by atoms with Crippen LogP contribution in [-0.2, 0) is 19.1 Å². The van der Waals surface area contributed by atoms with E-state index in [1.165, 1.54) is 24.3 Å². The number of carbonyl (C=O) groups is 4. The van der Waals surface area contributed by atoms with Crippen LogP contribution in [-0.4, -0.2) is 30.3 Å². The number of amides is 3. The number of hydrogen-bond donors (Lipinski definition) is 1. The van der Waals surface area contributed by atoms with Crippen LogP contribution in [0.25, 0.3) is 0 Å². The van der Waals surface area contributed by atoms with Crippen molar-refractivity contribution in [3.8, 4) is 0 Å². The van der Waals surface area contributed by atoms with Crippen LogP contribution >= 0.6 is 0 Å². The summed E-state index contributed by atoms with van der Waals surface area (Å²) in [7, 11) is 0. The maximum absolute atomic E-state index is 12.2. The number of rotatable bonds is 6. The Morgan fingerprint density at radius 2 is 1.68 bits per heavy atom. The topological polar surface area (TPSA) is 92.8 Å². The lowest BCUT2D eigenvalue weighted by Gasteiger charge is -2.15. The van der Waals surface area contributed by atoms with Gasteiger partial charge < -0.3 is 10.1 Å². The van der Waals surface area contributed by atoms with Gasteiger partial charge >= 0.3 is 5.97 Å². The number of nitrogens with zero attached hydrogens (tertiary/aromatic N) is 1. The van der Waals surface area contributed by atoms with E-state index in [4.69, 9.17) is 4.74 Å². The Bertz CT molecular complexity index is 934. The molecule has 1 aliphatic rings. The summed E-state index contributed by atoms with van der Waals surface area (Å²) in [5, 5.41) is 2.75. The number of anilines is 1. The van der Waals surface area contributed by atoms with E-state index in [9.17, 15) is 19.2 Å². The van der Waals surface area contributed by atoms with Crippen LogP contribution in [0, 0.1) is 0 Å². The summed E-state index contributed by atoms with van der Waals surface area (Å²) in [6.45, 7) is 1.39. The first kappa shape index (κ1) is 19.0. The van der Waals surface area contributed by atoms with Gasteiger partial charge in [-0.05, 0) is 30.7 Å². The van der Waals surface area contributed by atoms with Crippen LogP contribution in [0.5, 0.6) is 0 Å². The van der Waals surface area contributed by atoms with Crippen molar-refractivity contribution in [1.29, 1.82) is 0 Å². The third-order valence-corrected chi connectivity index (χ3v) is 4.16. The summed E-state index contributed by atoms with van der Waals surface area (Å²) in [4.78, 5) is 48.7. The molecule has 7 heteroatoms. The summed E-state index contributed by atoms with van der Waals surface area (Å²) in [6.07, 6.45) is 2.32. The van der Waals surface area contributed by atoms with E-state index >= 15 is 0 Å². The molecule has 3 rings (SSSR count). The molecule has 0 bridgehead atoms. The highest BCUT2D eigenvalue weighted by atomic mass is 16.5. The first-order chi connectivity index (χ1) is 13.5. The number of imide groups is 1. The van der Waals surface area contributed by atoms with E-state index in [0.29, 0.717) is 0 Å². The number of carbonyl (C=O) groups excluding carboxylic acids is 4. The van der Waals surface area contributed by atoms with Crippen LogP contribution in [0.15, 0.2) is 66.7 Å². The average Bonchev–Trinajstić information content (AvgIpc) is 3.05. The van der Waals surface area contributed by atoms with Gasteiger partial charge in [0.2, 0.25) is 0 Å². The summed E-state index contributed by atoms with van der Waals surface area (Å²) >= 11 is 0. The Hall–Kier alpha value is -3.74. The molecule has 0 aromatic heterocycles. The molecular weight excluding hydrogens is 360 g/mol. The van der Waals surface area contributed by atoms with Gasteiger partial charge in [-0.25, -0.2) is 9.69 Å². The van der Waals surface area contributed by atoms with Crippen LogP contribution in [0.3, 0.4) is 0 Å². The highest BCUT2D eigenvalue weighted by Crippen LogP contribution is 2.20. The zero-order valence-corrected chi connectivity index (χ0v) is 15.1. The van der Waals surface area contributed by atoms with Crippen molar-refractivity contribution in [2.45, 2.75) is 13.0 Å². The Labute approximate surface area is 161 Å². The van der Waals surface area contributed by atoms with Gasteiger partial charge in [0.15, 0.2) is 6.61 Å². The molecule has 0 radical (unpaired) electrons. The lowest BCUT2D eigenvalue weighted by Crippen LogP contribution is -2.31. The predicted octanol–water partition coefficient (Wildman–Crippen LogP) is 2.15. The molecular formula is C21H18N2O5. The molecule has 7 nitrogen and oxygen atoms in total. The second-order valence-corrected chi connectivity index (χ2v) is 6.17. The van der Waals surface area contributed by atoms with E-state index in [0.717, 1.165) is 22.6 Å². The first-order valence-corrected chi connectivity index (χ1v) is 8.63. The molecule has 0 saturated carbocycles. The van der Waals surface area contributed by atoms with Crippen molar-refractivity contribution < 1.29 is 23.9 Å². The summed E-state index contributed by atoms with van der Waals surface area (Å²) in [5.41, 5.74) is 1.33. The molecule has 2 aromatic carbocycles. The minimum atomic E-state index is -0.726. The average molecular weight is 378 g/mol. The molecule has 3 amide bonds. The smallest absolute Gasteiger partial charge is 0.338 e. The van der Waals surface area contributed by atoms with Gasteiger partial charge in [-0.15, -0.1) is 0 Å². The summed E-state index contributed by atoms with van der Waals surface area (Å²) < 4.78 is 5.04. The predicted molar refractivity (Wildman–Crippen MR) is 101 cm³/mol. The molecule has 142 valence electrons.